The van der Waals surface area contributed by atoms with Gasteiger partial charge < -0.3 is 5.32 Å². The summed E-state index contributed by atoms with van der Waals surface area (Å²) in [5.74, 6) is 0. The van der Waals surface area contributed by atoms with Crippen molar-refractivity contribution in [1.82, 2.24) is 5.32 Å². The molecular weight excluding hydrogens is 117 g/mol. The van der Waals surface area contributed by atoms with Crippen LogP contribution in [0.15, 0.2) is 0 Å². The van der Waals surface area contributed by atoms with Crippen molar-refractivity contribution in [3.63, 3.8) is 0 Å². The normalized spacial score (nSPS) is 21.9. The van der Waals surface area contributed by atoms with Crippen LogP contribution in [-0.4, -0.2) is 31.4 Å². The first-order valence-electron chi connectivity index (χ1n) is 4.17. The third kappa shape index (κ3) is 5.35. The Kier molecular flexibility index (Phi) is 6.63. The molecule has 1 saturated heterocycles. The number of hydrogen-bond acceptors (Lipinski definition) is 1. The summed E-state index contributed by atoms with van der Waals surface area (Å²) in [5, 5.41) is 3.31. The van der Waals surface area contributed by atoms with E-state index in [2.05, 4.69) is 12.2 Å². The molecule has 1 atom stereocenters. The van der Waals surface area contributed by atoms with Gasteiger partial charge in [-0.25, -0.2) is 0 Å². The third-order valence-corrected chi connectivity index (χ3v) is 1.90. The van der Waals surface area contributed by atoms with E-state index in [1.54, 1.807) is 0 Å². The molecule has 10 heavy (non-hydrogen) atoms. The van der Waals surface area contributed by atoms with Crippen LogP contribution in [0.4, 0.5) is 0 Å². The van der Waals surface area contributed by atoms with E-state index in [4.69, 9.17) is 0 Å². The van der Waals surface area contributed by atoms with Crippen molar-refractivity contribution in [3.8, 4) is 0 Å². The quantitative estimate of drug-likeness (QED) is 0.342. The van der Waals surface area contributed by atoms with E-state index in [-0.39, 0.29) is 18.9 Å². The van der Waals surface area contributed by atoms with Gasteiger partial charge in [-0.15, -0.1) is 0 Å². The number of unbranched alkanes of at least 4 members (excludes halogenated alkanes) is 3. The van der Waals surface area contributed by atoms with E-state index in [0.29, 0.717) is 0 Å². The number of rotatable bonds is 5. The van der Waals surface area contributed by atoms with Crippen LogP contribution in [0.5, 0.6) is 0 Å². The summed E-state index contributed by atoms with van der Waals surface area (Å²) in [5.41, 5.74) is 0. The Balaban J connectivity index is 0.000000810. The molecule has 1 aliphatic heterocycles. The van der Waals surface area contributed by atoms with E-state index in [0.717, 1.165) is 6.04 Å². The molecule has 0 aromatic carbocycles. The summed E-state index contributed by atoms with van der Waals surface area (Å²) in [6.45, 7) is 3.54. The molecule has 0 amide bonds. The van der Waals surface area contributed by atoms with Crippen molar-refractivity contribution in [2.24, 2.45) is 0 Å². The second-order valence-electron chi connectivity index (χ2n) is 2.95. The fraction of sp³-hybridized carbons (Fsp3) is 1.00. The van der Waals surface area contributed by atoms with Crippen LogP contribution in [0.2, 0.25) is 0 Å². The molecule has 0 aromatic heterocycles. The molecule has 0 aliphatic carbocycles. The maximum absolute atomic E-state index is 3.31. The number of nitrogens with one attached hydrogen (secondary N) is 1. The average Bonchev–Trinajstić information content (AvgIpc) is 2.63. The summed E-state index contributed by atoms with van der Waals surface area (Å²) in [6.07, 6.45) is 7.07. The van der Waals surface area contributed by atoms with Crippen molar-refractivity contribution >= 4 is 18.9 Å². The first-order chi connectivity index (χ1) is 4.43. The van der Waals surface area contributed by atoms with E-state index in [9.17, 15) is 0 Å². The zero-order valence-electron chi connectivity index (χ0n) is 6.32. The summed E-state index contributed by atoms with van der Waals surface area (Å²) < 4.78 is 0. The Labute approximate surface area is 76.1 Å². The first-order valence-corrected chi connectivity index (χ1v) is 4.17. The summed E-state index contributed by atoms with van der Waals surface area (Å²) >= 11 is 0. The SMILES string of the molecule is CCCCCCC1CN1.[LiH]. The standard InChI is InChI=1S/C8H17N.Li.H/c1-2-3-4-5-6-8-7-9-8;;/h8-9H,2-7H2,1H3;;. The first kappa shape index (κ1) is 10.6. The predicted molar refractivity (Wildman–Crippen MR) is 47.7 cm³/mol. The van der Waals surface area contributed by atoms with Crippen LogP contribution in [0.25, 0.3) is 0 Å². The van der Waals surface area contributed by atoms with Gasteiger partial charge in [0.05, 0.1) is 0 Å². The Morgan fingerprint density at radius 3 is 2.50 bits per heavy atom. The van der Waals surface area contributed by atoms with Crippen molar-refractivity contribution in [2.75, 3.05) is 6.54 Å². The van der Waals surface area contributed by atoms with Crippen molar-refractivity contribution in [1.29, 1.82) is 0 Å². The summed E-state index contributed by atoms with van der Waals surface area (Å²) in [6, 6.07) is 0.904. The van der Waals surface area contributed by atoms with E-state index in [1.807, 2.05) is 0 Å². The Morgan fingerprint density at radius 2 is 2.00 bits per heavy atom. The van der Waals surface area contributed by atoms with Gasteiger partial charge in [-0.1, -0.05) is 32.6 Å². The summed E-state index contributed by atoms with van der Waals surface area (Å²) in [7, 11) is 0. The molecule has 1 rings (SSSR count). The van der Waals surface area contributed by atoms with Crippen molar-refractivity contribution in [3.05, 3.63) is 0 Å². The zero-order chi connectivity index (χ0) is 6.53. The molecule has 0 saturated carbocycles. The van der Waals surface area contributed by atoms with Gasteiger partial charge in [-0.2, -0.15) is 0 Å². The molecule has 56 valence electrons. The van der Waals surface area contributed by atoms with Crippen LogP contribution < -0.4 is 5.32 Å². The van der Waals surface area contributed by atoms with Crippen LogP contribution in [0.1, 0.15) is 39.0 Å². The fourth-order valence-corrected chi connectivity index (χ4v) is 1.10. The van der Waals surface area contributed by atoms with Gasteiger partial charge in [0, 0.05) is 12.6 Å². The number of hydrogen-bond donors (Lipinski definition) is 1. The van der Waals surface area contributed by atoms with Gasteiger partial charge in [-0.3, -0.25) is 0 Å². The summed E-state index contributed by atoms with van der Waals surface area (Å²) in [4.78, 5) is 0. The van der Waals surface area contributed by atoms with Gasteiger partial charge in [0.15, 0.2) is 0 Å². The molecule has 0 bridgehead atoms. The van der Waals surface area contributed by atoms with E-state index >= 15 is 0 Å². The Hall–Kier alpha value is 0.557. The van der Waals surface area contributed by atoms with E-state index in [1.165, 1.54) is 38.6 Å². The molecule has 0 aromatic rings. The van der Waals surface area contributed by atoms with Crippen molar-refractivity contribution in [2.45, 2.75) is 45.1 Å². The molecule has 1 aliphatic rings. The molecular formula is C8H18LiN. The zero-order valence-corrected chi connectivity index (χ0v) is 6.32. The maximum atomic E-state index is 3.31. The molecule has 1 fully saturated rings. The third-order valence-electron chi connectivity index (χ3n) is 1.90. The topological polar surface area (TPSA) is 21.9 Å². The fourth-order valence-electron chi connectivity index (χ4n) is 1.10. The minimum atomic E-state index is 0. The molecule has 1 nitrogen and oxygen atoms in total. The molecule has 2 heteroatoms. The second kappa shape index (κ2) is 6.28. The molecule has 1 N–H and O–H groups in total. The Morgan fingerprint density at radius 1 is 1.30 bits per heavy atom. The van der Waals surface area contributed by atoms with Crippen molar-refractivity contribution < 1.29 is 0 Å². The van der Waals surface area contributed by atoms with Gasteiger partial charge >= 0.3 is 18.9 Å². The Bertz CT molecular complexity index is 71.7. The monoisotopic (exact) mass is 135 g/mol. The van der Waals surface area contributed by atoms with Crippen LogP contribution in [0, 0.1) is 0 Å². The minimum absolute atomic E-state index is 0. The second-order valence-corrected chi connectivity index (χ2v) is 2.95. The average molecular weight is 135 g/mol. The van der Waals surface area contributed by atoms with Crippen LogP contribution >= 0.6 is 0 Å². The predicted octanol–water partition coefficient (Wildman–Crippen LogP) is 1.28. The van der Waals surface area contributed by atoms with Gasteiger partial charge in [-0.05, 0) is 6.42 Å². The van der Waals surface area contributed by atoms with Crippen LogP contribution in [0.3, 0.4) is 0 Å². The molecule has 1 heterocycles. The van der Waals surface area contributed by atoms with Gasteiger partial charge in [0.2, 0.25) is 0 Å². The van der Waals surface area contributed by atoms with Gasteiger partial charge in [0.1, 0.15) is 0 Å². The molecule has 1 unspecified atom stereocenters. The molecule has 0 radical (unpaired) electrons. The van der Waals surface area contributed by atoms with E-state index < -0.39 is 0 Å². The van der Waals surface area contributed by atoms with Gasteiger partial charge in [0.25, 0.3) is 0 Å². The molecule has 0 spiro atoms. The van der Waals surface area contributed by atoms with Crippen LogP contribution in [-0.2, 0) is 0 Å².